The molecule has 1 aliphatic heterocycles. The molecule has 0 aliphatic carbocycles. The molecule has 0 spiro atoms. The van der Waals surface area contributed by atoms with E-state index in [1.165, 1.54) is 4.88 Å². The van der Waals surface area contributed by atoms with Crippen LogP contribution in [0.3, 0.4) is 0 Å². The summed E-state index contributed by atoms with van der Waals surface area (Å²) < 4.78 is 0. The fourth-order valence-electron chi connectivity index (χ4n) is 3.76. The number of rotatable bonds is 4. The quantitative estimate of drug-likeness (QED) is 0.647. The third-order valence-corrected chi connectivity index (χ3v) is 6.30. The average Bonchev–Trinajstić information content (AvgIpc) is 3.28. The summed E-state index contributed by atoms with van der Waals surface area (Å²) in [5.41, 5.74) is 2.20. The molecule has 1 fully saturated rings. The number of carbonyl (C=O) groups excluding carboxylic acids is 1. The number of thiophene rings is 1. The lowest BCUT2D eigenvalue weighted by atomic mass is 9.95. The van der Waals surface area contributed by atoms with Crippen molar-refractivity contribution in [3.05, 3.63) is 94.2 Å². The van der Waals surface area contributed by atoms with Gasteiger partial charge < -0.3 is 10.2 Å². The van der Waals surface area contributed by atoms with Crippen LogP contribution in [0.5, 0.6) is 0 Å². The molecule has 3 aromatic rings. The maximum absolute atomic E-state index is 13.0. The van der Waals surface area contributed by atoms with Gasteiger partial charge in [-0.3, -0.25) is 0 Å². The molecule has 1 N–H and O–H groups in total. The van der Waals surface area contributed by atoms with E-state index in [2.05, 4.69) is 47.1 Å². The summed E-state index contributed by atoms with van der Waals surface area (Å²) in [4.78, 5) is 16.4. The number of nitrogens with zero attached hydrogens (tertiary/aromatic N) is 1. The number of likely N-dealkylation sites (tertiary alicyclic amines) is 1. The summed E-state index contributed by atoms with van der Waals surface area (Å²) in [5.74, 6) is 0.591. The minimum absolute atomic E-state index is 0.0253. The Bertz CT molecular complexity index is 801. The van der Waals surface area contributed by atoms with Crippen molar-refractivity contribution in [2.75, 3.05) is 13.1 Å². The highest BCUT2D eigenvalue weighted by molar-refractivity contribution is 7.10. The molecule has 0 unspecified atom stereocenters. The number of hydrogen-bond donors (Lipinski definition) is 1. The molecule has 1 aliphatic rings. The normalized spacial score (nSPS) is 15.1. The van der Waals surface area contributed by atoms with Gasteiger partial charge in [-0.05, 0) is 41.3 Å². The molecule has 27 heavy (non-hydrogen) atoms. The topological polar surface area (TPSA) is 32.3 Å². The monoisotopic (exact) mass is 376 g/mol. The highest BCUT2D eigenvalue weighted by Crippen LogP contribution is 2.31. The van der Waals surface area contributed by atoms with Crippen LogP contribution >= 0.6 is 11.3 Å². The molecule has 138 valence electrons. The maximum atomic E-state index is 13.0. The Hall–Kier alpha value is -2.59. The van der Waals surface area contributed by atoms with Crippen molar-refractivity contribution in [3.8, 4) is 0 Å². The number of nitrogens with one attached hydrogen (secondary N) is 1. The van der Waals surface area contributed by atoms with E-state index < -0.39 is 0 Å². The molecule has 0 saturated carbocycles. The second-order valence-electron chi connectivity index (χ2n) is 6.98. The molecule has 4 rings (SSSR count). The fourth-order valence-corrected chi connectivity index (χ4v) is 4.66. The standard InChI is InChI=1S/C23H24N2OS/c26-23(25-15-13-18(14-16-25)21-12-7-17-27-21)24-22(19-8-3-1-4-9-19)20-10-5-2-6-11-20/h1-12,17-18,22H,13-16H2,(H,24,26). The van der Waals surface area contributed by atoms with Crippen molar-refractivity contribution in [1.29, 1.82) is 0 Å². The summed E-state index contributed by atoms with van der Waals surface area (Å²) in [6.45, 7) is 1.62. The smallest absolute Gasteiger partial charge is 0.318 e. The third kappa shape index (κ3) is 4.22. The van der Waals surface area contributed by atoms with Crippen molar-refractivity contribution in [2.45, 2.75) is 24.8 Å². The zero-order valence-electron chi connectivity index (χ0n) is 15.3. The van der Waals surface area contributed by atoms with Crippen LogP contribution in [-0.4, -0.2) is 24.0 Å². The van der Waals surface area contributed by atoms with Gasteiger partial charge in [-0.1, -0.05) is 66.7 Å². The maximum Gasteiger partial charge on any atom is 0.318 e. The second kappa shape index (κ2) is 8.40. The third-order valence-electron chi connectivity index (χ3n) is 5.26. The Kier molecular flexibility index (Phi) is 5.54. The molecule has 0 bridgehead atoms. The van der Waals surface area contributed by atoms with E-state index in [1.54, 1.807) is 0 Å². The first kappa shape index (κ1) is 17.8. The predicted octanol–water partition coefficient (Wildman–Crippen LogP) is 5.43. The van der Waals surface area contributed by atoms with E-state index in [0.29, 0.717) is 5.92 Å². The van der Waals surface area contributed by atoms with Gasteiger partial charge in [0.05, 0.1) is 6.04 Å². The first-order valence-corrected chi connectivity index (χ1v) is 10.4. The van der Waals surface area contributed by atoms with Crippen LogP contribution in [0.4, 0.5) is 4.79 Å². The molecule has 1 aromatic heterocycles. The molecule has 3 nitrogen and oxygen atoms in total. The number of carbonyl (C=O) groups is 1. The first-order chi connectivity index (χ1) is 13.3. The first-order valence-electron chi connectivity index (χ1n) is 9.50. The summed E-state index contributed by atoms with van der Waals surface area (Å²) >= 11 is 1.83. The summed E-state index contributed by atoms with van der Waals surface area (Å²) in [6.07, 6.45) is 2.07. The molecule has 0 atom stereocenters. The van der Waals surface area contributed by atoms with Crippen molar-refractivity contribution < 1.29 is 4.79 Å². The van der Waals surface area contributed by atoms with E-state index in [1.807, 2.05) is 52.6 Å². The van der Waals surface area contributed by atoms with Crippen LogP contribution in [0.2, 0.25) is 0 Å². The molecule has 2 heterocycles. The van der Waals surface area contributed by atoms with E-state index >= 15 is 0 Å². The van der Waals surface area contributed by atoms with Crippen LogP contribution in [0.25, 0.3) is 0 Å². The summed E-state index contributed by atoms with van der Waals surface area (Å²) in [5, 5.41) is 5.40. The SMILES string of the molecule is O=C(NC(c1ccccc1)c1ccccc1)N1CCC(c2cccs2)CC1. The summed E-state index contributed by atoms with van der Waals surface area (Å²) in [6, 6.07) is 24.6. The van der Waals surface area contributed by atoms with Gasteiger partial charge in [-0.25, -0.2) is 4.79 Å². The highest BCUT2D eigenvalue weighted by atomic mass is 32.1. The summed E-state index contributed by atoms with van der Waals surface area (Å²) in [7, 11) is 0. The average molecular weight is 377 g/mol. The number of hydrogen-bond acceptors (Lipinski definition) is 2. The van der Waals surface area contributed by atoms with E-state index in [9.17, 15) is 4.79 Å². The lowest BCUT2D eigenvalue weighted by Crippen LogP contribution is -2.45. The number of benzene rings is 2. The zero-order chi connectivity index (χ0) is 18.5. The van der Waals surface area contributed by atoms with Crippen LogP contribution < -0.4 is 5.32 Å². The Morgan fingerprint density at radius 2 is 1.48 bits per heavy atom. The second-order valence-corrected chi connectivity index (χ2v) is 7.96. The van der Waals surface area contributed by atoms with Gasteiger partial charge in [-0.15, -0.1) is 11.3 Å². The van der Waals surface area contributed by atoms with Gasteiger partial charge in [-0.2, -0.15) is 0 Å². The molecule has 4 heteroatoms. The van der Waals surface area contributed by atoms with E-state index in [0.717, 1.165) is 37.1 Å². The molecular formula is C23H24N2OS. The molecule has 2 amide bonds. The lowest BCUT2D eigenvalue weighted by Gasteiger charge is -2.33. The van der Waals surface area contributed by atoms with Crippen LogP contribution in [0.15, 0.2) is 78.2 Å². The molecular weight excluding hydrogens is 352 g/mol. The van der Waals surface area contributed by atoms with Gasteiger partial charge in [0, 0.05) is 18.0 Å². The Balaban J connectivity index is 1.45. The van der Waals surface area contributed by atoms with E-state index in [-0.39, 0.29) is 12.1 Å². The highest BCUT2D eigenvalue weighted by Gasteiger charge is 2.26. The minimum atomic E-state index is -0.130. The van der Waals surface area contributed by atoms with E-state index in [4.69, 9.17) is 0 Å². The predicted molar refractivity (Wildman–Crippen MR) is 111 cm³/mol. The van der Waals surface area contributed by atoms with Crippen molar-refractivity contribution >= 4 is 17.4 Å². The van der Waals surface area contributed by atoms with Gasteiger partial charge in [0.25, 0.3) is 0 Å². The van der Waals surface area contributed by atoms with Crippen LogP contribution in [-0.2, 0) is 0 Å². The Morgan fingerprint density at radius 3 is 2.00 bits per heavy atom. The largest absolute Gasteiger partial charge is 0.327 e. The van der Waals surface area contributed by atoms with Gasteiger partial charge in [0.15, 0.2) is 0 Å². The number of urea groups is 1. The van der Waals surface area contributed by atoms with Gasteiger partial charge in [0.2, 0.25) is 0 Å². The van der Waals surface area contributed by atoms with Crippen molar-refractivity contribution in [1.82, 2.24) is 10.2 Å². The molecule has 0 radical (unpaired) electrons. The zero-order valence-corrected chi connectivity index (χ0v) is 16.1. The van der Waals surface area contributed by atoms with Crippen molar-refractivity contribution in [3.63, 3.8) is 0 Å². The van der Waals surface area contributed by atoms with Crippen molar-refractivity contribution in [2.24, 2.45) is 0 Å². The number of amides is 2. The Labute approximate surface area is 164 Å². The van der Waals surface area contributed by atoms with Crippen LogP contribution in [0, 0.1) is 0 Å². The molecule has 2 aromatic carbocycles. The van der Waals surface area contributed by atoms with Gasteiger partial charge >= 0.3 is 6.03 Å². The number of piperidine rings is 1. The van der Waals surface area contributed by atoms with Gasteiger partial charge in [0.1, 0.15) is 0 Å². The Morgan fingerprint density at radius 1 is 0.889 bits per heavy atom. The lowest BCUT2D eigenvalue weighted by molar-refractivity contribution is 0.179. The van der Waals surface area contributed by atoms with Crippen LogP contribution in [0.1, 0.15) is 40.8 Å². The fraction of sp³-hybridized carbons (Fsp3) is 0.261. The minimum Gasteiger partial charge on any atom is -0.327 e. The molecule has 1 saturated heterocycles.